The predicted octanol–water partition coefficient (Wildman–Crippen LogP) is 3.35. The summed E-state index contributed by atoms with van der Waals surface area (Å²) in [5.74, 6) is 0. The third-order valence-electron chi connectivity index (χ3n) is 1.63. The van der Waals surface area contributed by atoms with Crippen LogP contribution < -0.4 is 0 Å². The Morgan fingerprint density at radius 3 is 2.67 bits per heavy atom. The molecule has 2 nitrogen and oxygen atoms in total. The lowest BCUT2D eigenvalue weighted by atomic mass is 10.3. The quantitative estimate of drug-likeness (QED) is 0.617. The second-order valence-electron chi connectivity index (χ2n) is 3.98. The second-order valence-corrected chi connectivity index (χ2v) is 7.74. The summed E-state index contributed by atoms with van der Waals surface area (Å²) in [6.07, 6.45) is 3.74. The predicted molar refractivity (Wildman–Crippen MR) is 71.6 cm³/mol. The number of hydrogen-bond acceptors (Lipinski definition) is 3. The number of hydrogen-bond donors (Lipinski definition) is 0. The van der Waals surface area contributed by atoms with E-state index in [0.717, 1.165) is 4.88 Å². The van der Waals surface area contributed by atoms with Crippen LogP contribution >= 0.6 is 23.1 Å². The standard InChI is InChI=1S/C10H15NOS3/c1-10(2,3)15(12)11-6-8-5-9(13-4)7-14-8/h5-7H,1-4H3. The lowest BCUT2D eigenvalue weighted by molar-refractivity contribution is 0.651. The summed E-state index contributed by atoms with van der Waals surface area (Å²) >= 11 is 3.32. The minimum Gasteiger partial charge on any atom is -0.234 e. The Hall–Kier alpha value is -0.130. The fourth-order valence-electron chi connectivity index (χ4n) is 0.767. The Morgan fingerprint density at radius 1 is 1.53 bits per heavy atom. The average molecular weight is 261 g/mol. The molecule has 15 heavy (non-hydrogen) atoms. The lowest BCUT2D eigenvalue weighted by Gasteiger charge is -2.12. The van der Waals surface area contributed by atoms with Crippen LogP contribution in [-0.4, -0.2) is 21.4 Å². The average Bonchev–Trinajstić information content (AvgIpc) is 2.60. The van der Waals surface area contributed by atoms with Crippen LogP contribution in [0.25, 0.3) is 0 Å². The van der Waals surface area contributed by atoms with E-state index in [9.17, 15) is 4.21 Å². The molecule has 1 heterocycles. The Morgan fingerprint density at radius 2 is 2.20 bits per heavy atom. The van der Waals surface area contributed by atoms with E-state index in [2.05, 4.69) is 15.8 Å². The van der Waals surface area contributed by atoms with Crippen LogP contribution in [0.5, 0.6) is 0 Å². The summed E-state index contributed by atoms with van der Waals surface area (Å²) in [7, 11) is -1.16. The van der Waals surface area contributed by atoms with E-state index in [-0.39, 0.29) is 4.75 Å². The number of thioether (sulfide) groups is 1. The van der Waals surface area contributed by atoms with Crippen LogP contribution in [0.15, 0.2) is 20.7 Å². The third kappa shape index (κ3) is 4.09. The summed E-state index contributed by atoms with van der Waals surface area (Å²) in [4.78, 5) is 2.28. The molecule has 0 spiro atoms. The van der Waals surface area contributed by atoms with Gasteiger partial charge in [-0.25, -0.2) is 4.21 Å². The van der Waals surface area contributed by atoms with Crippen molar-refractivity contribution in [2.45, 2.75) is 30.4 Å². The maximum absolute atomic E-state index is 11.6. The van der Waals surface area contributed by atoms with Gasteiger partial charge in [-0.3, -0.25) is 0 Å². The zero-order valence-corrected chi connectivity index (χ0v) is 11.8. The SMILES string of the molecule is CSc1csc(C=NS(=O)C(C)(C)C)c1. The third-order valence-corrected chi connectivity index (χ3v) is 4.70. The van der Waals surface area contributed by atoms with Crippen molar-refractivity contribution in [1.82, 2.24) is 0 Å². The van der Waals surface area contributed by atoms with E-state index in [4.69, 9.17) is 0 Å². The van der Waals surface area contributed by atoms with Crippen molar-refractivity contribution >= 4 is 40.3 Å². The van der Waals surface area contributed by atoms with Gasteiger partial charge in [0, 0.05) is 15.2 Å². The summed E-state index contributed by atoms with van der Waals surface area (Å²) in [6, 6.07) is 2.05. The largest absolute Gasteiger partial charge is 0.234 e. The zero-order chi connectivity index (χ0) is 11.5. The van der Waals surface area contributed by atoms with Gasteiger partial charge in [-0.05, 0) is 33.1 Å². The first kappa shape index (κ1) is 12.9. The fraction of sp³-hybridized carbons (Fsp3) is 0.500. The molecule has 0 saturated carbocycles. The molecule has 5 heteroatoms. The minimum absolute atomic E-state index is 0.282. The lowest BCUT2D eigenvalue weighted by Crippen LogP contribution is -2.19. The van der Waals surface area contributed by atoms with E-state index in [0.29, 0.717) is 0 Å². The maximum Gasteiger partial charge on any atom is 0.144 e. The smallest absolute Gasteiger partial charge is 0.144 e. The van der Waals surface area contributed by atoms with Gasteiger partial charge in [0.15, 0.2) is 0 Å². The second kappa shape index (κ2) is 5.27. The van der Waals surface area contributed by atoms with E-state index in [1.54, 1.807) is 29.3 Å². The molecule has 0 bridgehead atoms. The van der Waals surface area contributed by atoms with Gasteiger partial charge in [0.05, 0.1) is 11.0 Å². The minimum atomic E-state index is -1.16. The molecule has 0 aliphatic heterocycles. The monoisotopic (exact) mass is 261 g/mol. The molecule has 84 valence electrons. The molecule has 0 fully saturated rings. The first-order valence-corrected chi connectivity index (χ1v) is 7.73. The topological polar surface area (TPSA) is 29.4 Å². The molecule has 1 unspecified atom stereocenters. The van der Waals surface area contributed by atoms with Gasteiger partial charge in [-0.1, -0.05) is 0 Å². The van der Waals surface area contributed by atoms with Gasteiger partial charge >= 0.3 is 0 Å². The molecule has 0 radical (unpaired) electrons. The van der Waals surface area contributed by atoms with Crippen LogP contribution in [0.3, 0.4) is 0 Å². The van der Waals surface area contributed by atoms with Crippen LogP contribution in [-0.2, 0) is 11.0 Å². The van der Waals surface area contributed by atoms with Crippen LogP contribution in [0, 0.1) is 0 Å². The number of nitrogens with zero attached hydrogens (tertiary/aromatic N) is 1. The van der Waals surface area contributed by atoms with E-state index >= 15 is 0 Å². The summed E-state index contributed by atoms with van der Waals surface area (Å²) in [6.45, 7) is 5.76. The van der Waals surface area contributed by atoms with Gasteiger partial charge in [0.2, 0.25) is 0 Å². The molecule has 1 aromatic rings. The molecule has 1 rings (SSSR count). The Labute approximate surface area is 102 Å². The van der Waals surface area contributed by atoms with E-state index < -0.39 is 11.0 Å². The normalized spacial score (nSPS) is 14.7. The Kier molecular flexibility index (Phi) is 4.55. The van der Waals surface area contributed by atoms with Crippen molar-refractivity contribution in [3.05, 3.63) is 16.3 Å². The molecule has 0 amide bonds. The Bertz CT molecular complexity index is 376. The highest BCUT2D eigenvalue weighted by molar-refractivity contribution is 7.98. The van der Waals surface area contributed by atoms with Crippen molar-refractivity contribution in [1.29, 1.82) is 0 Å². The summed E-state index contributed by atoms with van der Waals surface area (Å²) in [5, 5.41) is 2.08. The van der Waals surface area contributed by atoms with E-state index in [1.165, 1.54) is 4.90 Å². The molecule has 0 N–H and O–H groups in total. The van der Waals surface area contributed by atoms with Crippen LogP contribution in [0.1, 0.15) is 25.6 Å². The van der Waals surface area contributed by atoms with Crippen molar-refractivity contribution in [2.24, 2.45) is 4.40 Å². The molecule has 0 saturated heterocycles. The number of rotatable bonds is 3. The first-order chi connectivity index (χ1) is 6.93. The highest BCUT2D eigenvalue weighted by Gasteiger charge is 2.18. The maximum atomic E-state index is 11.6. The molecule has 0 aliphatic carbocycles. The van der Waals surface area contributed by atoms with Gasteiger partial charge in [0.1, 0.15) is 11.0 Å². The van der Waals surface area contributed by atoms with Gasteiger partial charge in [-0.2, -0.15) is 4.40 Å². The summed E-state index contributed by atoms with van der Waals surface area (Å²) < 4.78 is 15.4. The van der Waals surface area contributed by atoms with Gasteiger partial charge in [-0.15, -0.1) is 23.1 Å². The van der Waals surface area contributed by atoms with Crippen LogP contribution in [0.2, 0.25) is 0 Å². The highest BCUT2D eigenvalue weighted by Crippen LogP contribution is 2.21. The molecule has 0 aliphatic rings. The highest BCUT2D eigenvalue weighted by atomic mass is 32.2. The van der Waals surface area contributed by atoms with Crippen LogP contribution in [0.4, 0.5) is 0 Å². The fourth-order valence-corrected chi connectivity index (χ4v) is 2.84. The molecular weight excluding hydrogens is 246 g/mol. The van der Waals surface area contributed by atoms with Crippen molar-refractivity contribution in [3.63, 3.8) is 0 Å². The molecule has 0 aromatic carbocycles. The zero-order valence-electron chi connectivity index (χ0n) is 9.31. The molecule has 1 aromatic heterocycles. The van der Waals surface area contributed by atoms with Gasteiger partial charge in [0.25, 0.3) is 0 Å². The van der Waals surface area contributed by atoms with E-state index in [1.807, 2.05) is 27.0 Å². The Balaban J connectivity index is 2.70. The van der Waals surface area contributed by atoms with Crippen molar-refractivity contribution in [2.75, 3.05) is 6.26 Å². The van der Waals surface area contributed by atoms with Crippen molar-refractivity contribution in [3.8, 4) is 0 Å². The molecule has 1 atom stereocenters. The van der Waals surface area contributed by atoms with Gasteiger partial charge < -0.3 is 0 Å². The summed E-state index contributed by atoms with van der Waals surface area (Å²) in [5.41, 5.74) is 0. The molecular formula is C10H15NOS3. The number of thiophene rings is 1. The first-order valence-electron chi connectivity index (χ1n) is 4.52. The van der Waals surface area contributed by atoms with Crippen molar-refractivity contribution < 1.29 is 4.21 Å².